The van der Waals surface area contributed by atoms with Crippen molar-refractivity contribution in [1.82, 2.24) is 15.2 Å². The molecule has 0 aliphatic heterocycles. The summed E-state index contributed by atoms with van der Waals surface area (Å²) in [6.07, 6.45) is -1.93. The van der Waals surface area contributed by atoms with E-state index in [1.165, 1.54) is 0 Å². The lowest BCUT2D eigenvalue weighted by Crippen LogP contribution is -2.39. The topological polar surface area (TPSA) is 104 Å². The molecule has 5 rings (SSSR count). The number of phenolic OH excluding ortho intramolecular Hbond substituents is 1. The van der Waals surface area contributed by atoms with Crippen LogP contribution in [-0.2, 0) is 22.5 Å². The largest absolute Gasteiger partial charge is 0.506 e. The first-order chi connectivity index (χ1) is 19.6. The van der Waals surface area contributed by atoms with Crippen molar-refractivity contribution >= 4 is 27.5 Å². The Morgan fingerprint density at radius 1 is 1.24 bits per heavy atom. The summed E-state index contributed by atoms with van der Waals surface area (Å²) in [6.45, 7) is 2.59. The zero-order chi connectivity index (χ0) is 29.1. The van der Waals surface area contributed by atoms with E-state index in [-0.39, 0.29) is 28.5 Å². The van der Waals surface area contributed by atoms with Crippen molar-refractivity contribution in [3.8, 4) is 11.5 Å². The molecule has 41 heavy (non-hydrogen) atoms. The van der Waals surface area contributed by atoms with E-state index in [0.717, 1.165) is 58.7 Å². The maximum Gasteiger partial charge on any atom is 0.490 e. The smallest absolute Gasteiger partial charge is 0.490 e. The molecule has 4 atom stereocenters. The van der Waals surface area contributed by atoms with E-state index in [1.54, 1.807) is 6.07 Å². The second-order valence-corrected chi connectivity index (χ2v) is 11.9. The van der Waals surface area contributed by atoms with E-state index in [0.29, 0.717) is 38.1 Å². The molecule has 2 aliphatic carbocycles. The molecule has 2 aliphatic rings. The number of carbonyl (C=O) groups is 1. The summed E-state index contributed by atoms with van der Waals surface area (Å²) >= 11 is 1.10. The fraction of sp³-hybridized carbons (Fsp3) is 0.517. The number of hydrogen-bond donors (Lipinski definition) is 3. The minimum atomic E-state index is -4.96. The van der Waals surface area contributed by atoms with E-state index in [1.807, 2.05) is 37.4 Å². The Bertz CT molecular complexity index is 1420. The van der Waals surface area contributed by atoms with Gasteiger partial charge in [-0.05, 0) is 80.9 Å². The molecule has 222 valence electrons. The van der Waals surface area contributed by atoms with Gasteiger partial charge in [0.1, 0.15) is 23.1 Å². The van der Waals surface area contributed by atoms with E-state index in [9.17, 15) is 27.9 Å². The normalized spacial score (nSPS) is 22.1. The van der Waals surface area contributed by atoms with Crippen LogP contribution in [0.15, 0.2) is 41.2 Å². The van der Waals surface area contributed by atoms with Gasteiger partial charge in [0.25, 0.3) is 0 Å². The van der Waals surface area contributed by atoms with Crippen LogP contribution in [0.3, 0.4) is 0 Å². The number of thiazole rings is 1. The summed E-state index contributed by atoms with van der Waals surface area (Å²) in [7, 11) is 1.98. The average molecular weight is 594 g/mol. The average Bonchev–Trinajstić information content (AvgIpc) is 3.62. The minimum Gasteiger partial charge on any atom is -0.506 e. The second-order valence-electron chi connectivity index (χ2n) is 10.9. The van der Waals surface area contributed by atoms with Crippen molar-refractivity contribution in [3.63, 3.8) is 0 Å². The molecule has 0 unspecified atom stereocenters. The number of carbonyl (C=O) groups excluding carboxylic acids is 1. The number of aromatic amines is 1. The molecular formula is C29H34F3N3O5S. The number of nitrogens with zero attached hydrogens (tertiary/aromatic N) is 1. The van der Waals surface area contributed by atoms with Gasteiger partial charge in [0, 0.05) is 25.0 Å². The molecule has 2 bridgehead atoms. The van der Waals surface area contributed by atoms with Gasteiger partial charge in [-0.1, -0.05) is 29.5 Å². The molecule has 2 saturated carbocycles. The quantitative estimate of drug-likeness (QED) is 0.208. The van der Waals surface area contributed by atoms with Crippen LogP contribution in [0, 0.1) is 11.8 Å². The monoisotopic (exact) mass is 593 g/mol. The van der Waals surface area contributed by atoms with Gasteiger partial charge in [-0.3, -0.25) is 4.79 Å². The van der Waals surface area contributed by atoms with Crippen LogP contribution >= 0.6 is 11.3 Å². The lowest BCUT2D eigenvalue weighted by atomic mass is 9.98. The summed E-state index contributed by atoms with van der Waals surface area (Å²) in [5, 5.41) is 13.4. The Morgan fingerprint density at radius 2 is 2.07 bits per heavy atom. The van der Waals surface area contributed by atoms with Crippen molar-refractivity contribution in [3.05, 3.63) is 57.2 Å². The highest BCUT2D eigenvalue weighted by Crippen LogP contribution is 2.48. The summed E-state index contributed by atoms with van der Waals surface area (Å²) in [5.41, 5.74) is 2.56. The number of ether oxygens (including phenoxy) is 2. The van der Waals surface area contributed by atoms with Crippen molar-refractivity contribution in [2.24, 2.45) is 11.8 Å². The highest BCUT2D eigenvalue weighted by molar-refractivity contribution is 7.16. The number of benzene rings is 2. The number of rotatable bonds is 12. The van der Waals surface area contributed by atoms with E-state index in [4.69, 9.17) is 9.47 Å². The molecule has 0 amide bonds. The molecule has 2 aromatic carbocycles. The maximum absolute atomic E-state index is 12.7. The van der Waals surface area contributed by atoms with Gasteiger partial charge in [-0.2, -0.15) is 13.2 Å². The SMILES string of the molecule is CN(CCCOc1cccc(CNCCc2ccc(O)c3[nH]c(=O)sc23)c1)[C@H]1[C@H]2CC[C@@H]1[C@H](OC(=O)C(F)(F)F)C2. The number of halogens is 3. The third-order valence-corrected chi connectivity index (χ3v) is 9.12. The Hall–Kier alpha value is -3.09. The lowest BCUT2D eigenvalue weighted by Gasteiger charge is -2.29. The third kappa shape index (κ3) is 6.87. The van der Waals surface area contributed by atoms with Gasteiger partial charge in [0.05, 0.1) is 11.3 Å². The number of aromatic hydroxyl groups is 1. The molecule has 1 heterocycles. The van der Waals surface area contributed by atoms with E-state index in [2.05, 4.69) is 15.2 Å². The molecule has 12 heteroatoms. The summed E-state index contributed by atoms with van der Waals surface area (Å²) in [4.78, 5) is 27.7. The first kappa shape index (κ1) is 29.4. The van der Waals surface area contributed by atoms with Crippen LogP contribution in [0.2, 0.25) is 0 Å². The van der Waals surface area contributed by atoms with Gasteiger partial charge in [0.15, 0.2) is 0 Å². The number of fused-ring (bicyclic) bond motifs is 3. The molecule has 2 fully saturated rings. The van der Waals surface area contributed by atoms with Gasteiger partial charge in [0.2, 0.25) is 0 Å². The van der Waals surface area contributed by atoms with Gasteiger partial charge in [-0.15, -0.1) is 0 Å². The van der Waals surface area contributed by atoms with Crippen LogP contribution in [-0.4, -0.2) is 66.0 Å². The Morgan fingerprint density at radius 3 is 2.88 bits per heavy atom. The zero-order valence-electron chi connectivity index (χ0n) is 22.7. The van der Waals surface area contributed by atoms with Gasteiger partial charge < -0.3 is 29.8 Å². The molecule has 3 aromatic rings. The molecule has 0 radical (unpaired) electrons. The molecule has 0 spiro atoms. The predicted octanol–water partition coefficient (Wildman–Crippen LogP) is 4.60. The summed E-state index contributed by atoms with van der Waals surface area (Å²) < 4.78 is 49.5. The number of alkyl halides is 3. The van der Waals surface area contributed by atoms with Crippen LogP contribution < -0.4 is 14.9 Å². The van der Waals surface area contributed by atoms with Crippen molar-refractivity contribution < 1.29 is 32.5 Å². The van der Waals surface area contributed by atoms with Crippen LogP contribution in [0.5, 0.6) is 11.5 Å². The standard InChI is InChI=1S/C29H34F3N3O5S/c1-35(25-19-6-8-21(25)23(15-19)40-27(37)29(30,31)32)12-3-13-39-20-5-2-4-17(14-20)16-33-11-10-18-7-9-22(36)24-26(18)41-28(38)34-24/h2,4-5,7,9,14,19,21,23,25,33,36H,3,6,8,10-13,15-16H2,1H3,(H,34,38)/t19-,21+,23+,25-/m0/s1. The first-order valence-electron chi connectivity index (χ1n) is 13.8. The number of nitrogens with one attached hydrogen (secondary N) is 2. The number of phenols is 1. The Labute approximate surface area is 239 Å². The van der Waals surface area contributed by atoms with Crippen LogP contribution in [0.4, 0.5) is 13.2 Å². The zero-order valence-corrected chi connectivity index (χ0v) is 23.5. The van der Waals surface area contributed by atoms with Crippen molar-refractivity contribution in [2.45, 2.75) is 57.0 Å². The third-order valence-electron chi connectivity index (χ3n) is 8.17. The van der Waals surface area contributed by atoms with E-state index >= 15 is 0 Å². The predicted molar refractivity (Wildman–Crippen MR) is 149 cm³/mol. The fourth-order valence-corrected chi connectivity index (χ4v) is 7.28. The number of H-pyrrole nitrogens is 1. The number of aromatic nitrogens is 1. The molecule has 0 saturated heterocycles. The van der Waals surface area contributed by atoms with Gasteiger partial charge >= 0.3 is 17.0 Å². The second kappa shape index (κ2) is 12.4. The highest BCUT2D eigenvalue weighted by Gasteiger charge is 2.53. The lowest BCUT2D eigenvalue weighted by molar-refractivity contribution is -0.207. The van der Waals surface area contributed by atoms with Crippen molar-refractivity contribution in [1.29, 1.82) is 0 Å². The molecule has 1 aromatic heterocycles. The van der Waals surface area contributed by atoms with Crippen molar-refractivity contribution in [2.75, 3.05) is 26.7 Å². The molecule has 8 nitrogen and oxygen atoms in total. The number of hydrogen-bond acceptors (Lipinski definition) is 8. The highest BCUT2D eigenvalue weighted by atomic mass is 32.1. The van der Waals surface area contributed by atoms with Gasteiger partial charge in [-0.25, -0.2) is 4.79 Å². The maximum atomic E-state index is 12.7. The Balaban J connectivity index is 1.03. The van der Waals surface area contributed by atoms with E-state index < -0.39 is 18.2 Å². The number of esters is 1. The molecule has 3 N–H and O–H groups in total. The Kier molecular flexibility index (Phi) is 8.91. The van der Waals surface area contributed by atoms with Crippen LogP contribution in [0.25, 0.3) is 10.2 Å². The first-order valence-corrected chi connectivity index (χ1v) is 14.7. The minimum absolute atomic E-state index is 0.0609. The summed E-state index contributed by atoms with van der Waals surface area (Å²) in [5.74, 6) is -1.06. The van der Waals surface area contributed by atoms with Crippen LogP contribution in [0.1, 0.15) is 36.8 Å². The molecular weight excluding hydrogens is 559 g/mol. The summed E-state index contributed by atoms with van der Waals surface area (Å²) in [6, 6.07) is 11.4. The fourth-order valence-electron chi connectivity index (χ4n) is 6.38.